The van der Waals surface area contributed by atoms with Gasteiger partial charge in [0, 0.05) is 19.0 Å². The van der Waals surface area contributed by atoms with Gasteiger partial charge in [-0.05, 0) is 41.0 Å². The van der Waals surface area contributed by atoms with Crippen LogP contribution >= 0.6 is 0 Å². The van der Waals surface area contributed by atoms with E-state index in [2.05, 4.69) is 27.9 Å². The third-order valence-corrected chi connectivity index (χ3v) is 6.65. The molecule has 1 heterocycles. The highest BCUT2D eigenvalue weighted by Crippen LogP contribution is 2.44. The third-order valence-electron chi connectivity index (χ3n) is 6.65. The Morgan fingerprint density at radius 3 is 2.31 bits per heavy atom. The summed E-state index contributed by atoms with van der Waals surface area (Å²) >= 11 is 0. The summed E-state index contributed by atoms with van der Waals surface area (Å²) in [4.78, 5) is 36.8. The number of carboxylic acid groups (broad SMARTS) is 1. The molecule has 1 saturated carbocycles. The Morgan fingerprint density at radius 1 is 1.09 bits per heavy atom. The first-order chi connectivity index (χ1) is 16.9. The number of aromatic nitrogens is 2. The zero-order valence-electron chi connectivity index (χ0n) is 19.2. The number of amides is 2. The Hall–Kier alpha value is -4.14. The first-order valence-corrected chi connectivity index (χ1v) is 11.6. The van der Waals surface area contributed by atoms with Gasteiger partial charge in [0.25, 0.3) is 5.91 Å². The number of carbonyl (C=O) groups is 3. The molecule has 5 rings (SSSR count). The van der Waals surface area contributed by atoms with Crippen LogP contribution in [0.5, 0.6) is 0 Å². The molecular weight excluding hydrogens is 448 g/mol. The van der Waals surface area contributed by atoms with Gasteiger partial charge in [0.05, 0.1) is 12.6 Å². The van der Waals surface area contributed by atoms with Crippen molar-refractivity contribution >= 4 is 23.8 Å². The van der Waals surface area contributed by atoms with Crippen molar-refractivity contribution < 1.29 is 24.2 Å². The lowest BCUT2D eigenvalue weighted by molar-refractivity contribution is -0.137. The SMILES string of the molecule is Cn1ncc(C(=O)NC(CC(=O)O)C2CC2)c1NC(=O)OCC1c2ccccc2-c2ccccc21. The number of fused-ring (bicyclic) bond motifs is 3. The normalized spacial score (nSPS) is 15.1. The number of carbonyl (C=O) groups excluding carboxylic acids is 2. The number of nitrogens with zero attached hydrogens (tertiary/aromatic N) is 2. The molecule has 0 aliphatic heterocycles. The largest absolute Gasteiger partial charge is 0.481 e. The monoisotopic (exact) mass is 474 g/mol. The van der Waals surface area contributed by atoms with E-state index in [0.29, 0.717) is 0 Å². The summed E-state index contributed by atoms with van der Waals surface area (Å²) in [5.74, 6) is -1.19. The molecule has 1 atom stereocenters. The van der Waals surface area contributed by atoms with Gasteiger partial charge in [0.15, 0.2) is 0 Å². The molecule has 9 heteroatoms. The summed E-state index contributed by atoms with van der Waals surface area (Å²) in [7, 11) is 1.60. The van der Waals surface area contributed by atoms with Crippen LogP contribution < -0.4 is 10.6 Å². The van der Waals surface area contributed by atoms with Crippen molar-refractivity contribution in [2.75, 3.05) is 11.9 Å². The Kier molecular flexibility index (Phi) is 5.98. The summed E-state index contributed by atoms with van der Waals surface area (Å²) in [6.07, 6.45) is 2.27. The number of carboxylic acids is 1. The molecule has 180 valence electrons. The Labute approximate surface area is 202 Å². The van der Waals surface area contributed by atoms with Crippen molar-refractivity contribution in [3.05, 3.63) is 71.4 Å². The van der Waals surface area contributed by atoms with E-state index >= 15 is 0 Å². The van der Waals surface area contributed by atoms with Crippen LogP contribution in [0.4, 0.5) is 10.6 Å². The molecule has 1 aromatic heterocycles. The number of ether oxygens (including phenoxy) is 1. The Balaban J connectivity index is 1.26. The molecule has 2 aliphatic rings. The maximum atomic E-state index is 12.9. The summed E-state index contributed by atoms with van der Waals surface area (Å²) < 4.78 is 6.96. The van der Waals surface area contributed by atoms with Gasteiger partial charge in [0.2, 0.25) is 0 Å². The Morgan fingerprint density at radius 2 is 1.71 bits per heavy atom. The van der Waals surface area contributed by atoms with Gasteiger partial charge in [-0.1, -0.05) is 48.5 Å². The molecule has 3 aromatic rings. The van der Waals surface area contributed by atoms with Crippen LogP contribution in [-0.4, -0.2) is 45.5 Å². The minimum Gasteiger partial charge on any atom is -0.481 e. The smallest absolute Gasteiger partial charge is 0.412 e. The van der Waals surface area contributed by atoms with Crippen LogP contribution in [0, 0.1) is 5.92 Å². The highest BCUT2D eigenvalue weighted by Gasteiger charge is 2.35. The first-order valence-electron chi connectivity index (χ1n) is 11.6. The van der Waals surface area contributed by atoms with Crippen molar-refractivity contribution in [1.29, 1.82) is 0 Å². The number of benzene rings is 2. The second kappa shape index (κ2) is 9.25. The maximum absolute atomic E-state index is 12.9. The lowest BCUT2D eigenvalue weighted by Crippen LogP contribution is -2.38. The Bertz CT molecular complexity index is 1250. The van der Waals surface area contributed by atoms with E-state index in [0.717, 1.165) is 35.1 Å². The van der Waals surface area contributed by atoms with Gasteiger partial charge >= 0.3 is 12.1 Å². The number of nitrogens with one attached hydrogen (secondary N) is 2. The number of aryl methyl sites for hydroxylation is 1. The fourth-order valence-electron chi connectivity index (χ4n) is 4.75. The molecule has 1 unspecified atom stereocenters. The van der Waals surface area contributed by atoms with Crippen LogP contribution in [0.15, 0.2) is 54.7 Å². The van der Waals surface area contributed by atoms with E-state index in [1.807, 2.05) is 36.4 Å². The van der Waals surface area contributed by atoms with Gasteiger partial charge in [-0.15, -0.1) is 0 Å². The number of hydrogen-bond donors (Lipinski definition) is 3. The molecule has 9 nitrogen and oxygen atoms in total. The lowest BCUT2D eigenvalue weighted by Gasteiger charge is -2.17. The van der Waals surface area contributed by atoms with Crippen LogP contribution in [-0.2, 0) is 16.6 Å². The van der Waals surface area contributed by atoms with E-state index < -0.39 is 24.0 Å². The minimum atomic E-state index is -0.967. The molecule has 0 radical (unpaired) electrons. The number of hydrogen-bond acceptors (Lipinski definition) is 5. The fourth-order valence-corrected chi connectivity index (χ4v) is 4.75. The maximum Gasteiger partial charge on any atom is 0.412 e. The molecule has 0 spiro atoms. The van der Waals surface area contributed by atoms with Crippen LogP contribution in [0.25, 0.3) is 11.1 Å². The summed E-state index contributed by atoms with van der Waals surface area (Å²) in [5.41, 5.74) is 4.62. The van der Waals surface area contributed by atoms with Crippen molar-refractivity contribution in [3.63, 3.8) is 0 Å². The average Bonchev–Trinajstić information content (AvgIpc) is 3.56. The highest BCUT2D eigenvalue weighted by molar-refractivity contribution is 6.01. The lowest BCUT2D eigenvalue weighted by atomic mass is 9.98. The van der Waals surface area contributed by atoms with Gasteiger partial charge in [-0.2, -0.15) is 5.10 Å². The molecule has 35 heavy (non-hydrogen) atoms. The fraction of sp³-hybridized carbons (Fsp3) is 0.308. The highest BCUT2D eigenvalue weighted by atomic mass is 16.5. The average molecular weight is 475 g/mol. The summed E-state index contributed by atoms with van der Waals surface area (Å²) in [5, 5.41) is 18.7. The van der Waals surface area contributed by atoms with Gasteiger partial charge in [-0.25, -0.2) is 4.79 Å². The topological polar surface area (TPSA) is 123 Å². The molecule has 2 amide bonds. The molecule has 0 bridgehead atoms. The van der Waals surface area contributed by atoms with E-state index in [-0.39, 0.29) is 36.2 Å². The van der Waals surface area contributed by atoms with Crippen LogP contribution in [0.3, 0.4) is 0 Å². The molecular formula is C26H26N4O5. The third kappa shape index (κ3) is 4.62. The predicted molar refractivity (Wildman–Crippen MR) is 128 cm³/mol. The van der Waals surface area contributed by atoms with Gasteiger partial charge in [0.1, 0.15) is 18.0 Å². The number of aliphatic carboxylic acids is 1. The molecule has 2 aromatic carbocycles. The molecule has 0 saturated heterocycles. The number of anilines is 1. The summed E-state index contributed by atoms with van der Waals surface area (Å²) in [6, 6.07) is 15.7. The molecule has 1 fully saturated rings. The van der Waals surface area contributed by atoms with Crippen LogP contribution in [0.1, 0.15) is 46.7 Å². The van der Waals surface area contributed by atoms with Gasteiger partial charge in [-0.3, -0.25) is 19.6 Å². The predicted octanol–water partition coefficient (Wildman–Crippen LogP) is 3.76. The van der Waals surface area contributed by atoms with Crippen molar-refractivity contribution in [2.24, 2.45) is 13.0 Å². The zero-order valence-corrected chi connectivity index (χ0v) is 19.2. The second-order valence-electron chi connectivity index (χ2n) is 9.00. The summed E-state index contributed by atoms with van der Waals surface area (Å²) in [6.45, 7) is 0.140. The quantitative estimate of drug-likeness (QED) is 0.457. The van der Waals surface area contributed by atoms with Gasteiger partial charge < -0.3 is 15.2 Å². The van der Waals surface area contributed by atoms with E-state index in [9.17, 15) is 14.4 Å². The van der Waals surface area contributed by atoms with Crippen molar-refractivity contribution in [2.45, 2.75) is 31.2 Å². The van der Waals surface area contributed by atoms with Crippen molar-refractivity contribution in [3.8, 4) is 11.1 Å². The molecule has 3 N–H and O–H groups in total. The minimum absolute atomic E-state index is 0.0854. The number of rotatable bonds is 8. The standard InChI is InChI=1S/C26H26N4O5/c1-30-24(20(13-27-30)25(33)28-22(12-23(31)32)15-10-11-15)29-26(34)35-14-21-18-8-4-2-6-16(18)17-7-3-5-9-19(17)21/h2-9,13,15,21-22H,10-12,14H2,1H3,(H,28,33)(H,29,34)(H,31,32). The van der Waals surface area contributed by atoms with Crippen LogP contribution in [0.2, 0.25) is 0 Å². The second-order valence-corrected chi connectivity index (χ2v) is 9.00. The van der Waals surface area contributed by atoms with E-state index in [1.165, 1.54) is 10.9 Å². The first kappa shape index (κ1) is 22.6. The van der Waals surface area contributed by atoms with E-state index in [4.69, 9.17) is 9.84 Å². The zero-order chi connectivity index (χ0) is 24.5. The molecule has 2 aliphatic carbocycles. The van der Waals surface area contributed by atoms with E-state index in [1.54, 1.807) is 7.05 Å². The van der Waals surface area contributed by atoms with Crippen molar-refractivity contribution in [1.82, 2.24) is 15.1 Å².